The molecule has 0 aliphatic rings. The van der Waals surface area contributed by atoms with Crippen LogP contribution in [0.3, 0.4) is 0 Å². The van der Waals surface area contributed by atoms with Crippen LogP contribution in [0, 0.1) is 0 Å². The van der Waals surface area contributed by atoms with Gasteiger partial charge in [-0.05, 0) is 64.8 Å². The SMILES string of the molecule is CCNC(C)c1ccc(N(C)Cc2ccncc2)c(Br)c1. The van der Waals surface area contributed by atoms with Crippen LogP contribution in [0.1, 0.15) is 31.0 Å². The minimum absolute atomic E-state index is 0.367. The van der Waals surface area contributed by atoms with E-state index >= 15 is 0 Å². The highest BCUT2D eigenvalue weighted by Gasteiger charge is 2.10. The van der Waals surface area contributed by atoms with E-state index in [4.69, 9.17) is 0 Å². The van der Waals surface area contributed by atoms with Gasteiger partial charge in [-0.25, -0.2) is 0 Å². The molecule has 1 atom stereocenters. The standard InChI is InChI=1S/C17H22BrN3/c1-4-20-13(2)15-5-6-17(16(18)11-15)21(3)12-14-7-9-19-10-8-14/h5-11,13,20H,4,12H2,1-3H3. The Kier molecular flexibility index (Phi) is 5.76. The molecule has 1 heterocycles. The van der Waals surface area contributed by atoms with Crippen molar-refractivity contribution in [2.75, 3.05) is 18.5 Å². The Morgan fingerprint density at radius 1 is 1.24 bits per heavy atom. The van der Waals surface area contributed by atoms with Crippen LogP contribution in [0.4, 0.5) is 5.69 Å². The molecular formula is C17H22BrN3. The molecule has 0 saturated carbocycles. The van der Waals surface area contributed by atoms with Gasteiger partial charge < -0.3 is 10.2 Å². The lowest BCUT2D eigenvalue weighted by Crippen LogP contribution is -2.19. The molecule has 0 fully saturated rings. The summed E-state index contributed by atoms with van der Waals surface area (Å²) in [6.07, 6.45) is 3.67. The molecule has 0 amide bonds. The molecule has 2 aromatic rings. The van der Waals surface area contributed by atoms with E-state index in [0.717, 1.165) is 17.6 Å². The van der Waals surface area contributed by atoms with Crippen molar-refractivity contribution in [1.82, 2.24) is 10.3 Å². The lowest BCUT2D eigenvalue weighted by atomic mass is 10.1. The molecule has 1 unspecified atom stereocenters. The van der Waals surface area contributed by atoms with Crippen LogP contribution in [0.15, 0.2) is 47.2 Å². The molecule has 3 nitrogen and oxygen atoms in total. The second-order valence-corrected chi connectivity index (χ2v) is 6.06. The molecule has 1 aromatic carbocycles. The van der Waals surface area contributed by atoms with Gasteiger partial charge in [-0.15, -0.1) is 0 Å². The first kappa shape index (κ1) is 16.0. The van der Waals surface area contributed by atoms with Gasteiger partial charge in [0.25, 0.3) is 0 Å². The second-order valence-electron chi connectivity index (χ2n) is 5.20. The normalized spacial score (nSPS) is 12.2. The summed E-state index contributed by atoms with van der Waals surface area (Å²) in [6.45, 7) is 6.15. The molecule has 4 heteroatoms. The van der Waals surface area contributed by atoms with Crippen molar-refractivity contribution < 1.29 is 0 Å². The Morgan fingerprint density at radius 3 is 2.57 bits per heavy atom. The van der Waals surface area contributed by atoms with Gasteiger partial charge in [0, 0.05) is 36.5 Å². The number of aromatic nitrogens is 1. The van der Waals surface area contributed by atoms with Crippen LogP contribution >= 0.6 is 15.9 Å². The summed E-state index contributed by atoms with van der Waals surface area (Å²) in [4.78, 5) is 6.29. The van der Waals surface area contributed by atoms with E-state index in [1.54, 1.807) is 0 Å². The number of halogens is 1. The molecule has 21 heavy (non-hydrogen) atoms. The fourth-order valence-corrected chi connectivity index (χ4v) is 3.07. The lowest BCUT2D eigenvalue weighted by Gasteiger charge is -2.22. The van der Waals surface area contributed by atoms with Crippen molar-refractivity contribution in [2.45, 2.75) is 26.4 Å². The summed E-state index contributed by atoms with van der Waals surface area (Å²) in [5.74, 6) is 0. The Balaban J connectivity index is 2.13. The van der Waals surface area contributed by atoms with Crippen molar-refractivity contribution >= 4 is 21.6 Å². The molecule has 1 aromatic heterocycles. The van der Waals surface area contributed by atoms with Crippen LogP contribution < -0.4 is 10.2 Å². The molecule has 0 spiro atoms. The van der Waals surface area contributed by atoms with Crippen LogP contribution in [0.5, 0.6) is 0 Å². The summed E-state index contributed by atoms with van der Waals surface area (Å²) in [5.41, 5.74) is 3.74. The summed E-state index contributed by atoms with van der Waals surface area (Å²) < 4.78 is 1.13. The minimum atomic E-state index is 0.367. The van der Waals surface area contributed by atoms with Crippen molar-refractivity contribution in [3.63, 3.8) is 0 Å². The molecule has 0 radical (unpaired) electrons. The maximum Gasteiger partial charge on any atom is 0.0511 e. The lowest BCUT2D eigenvalue weighted by molar-refractivity contribution is 0.598. The second kappa shape index (κ2) is 7.57. The third-order valence-corrected chi connectivity index (χ3v) is 4.20. The highest BCUT2D eigenvalue weighted by atomic mass is 79.9. The average Bonchev–Trinajstić information content (AvgIpc) is 2.48. The van der Waals surface area contributed by atoms with E-state index in [9.17, 15) is 0 Å². The van der Waals surface area contributed by atoms with E-state index in [-0.39, 0.29) is 0 Å². The third-order valence-electron chi connectivity index (χ3n) is 3.56. The molecule has 112 valence electrons. The van der Waals surface area contributed by atoms with Gasteiger partial charge in [-0.2, -0.15) is 0 Å². The van der Waals surface area contributed by atoms with Gasteiger partial charge in [0.05, 0.1) is 5.69 Å². The average molecular weight is 348 g/mol. The minimum Gasteiger partial charge on any atom is -0.369 e. The molecule has 2 rings (SSSR count). The first-order valence-corrected chi connectivity index (χ1v) is 8.04. The Morgan fingerprint density at radius 2 is 1.95 bits per heavy atom. The number of nitrogens with one attached hydrogen (secondary N) is 1. The van der Waals surface area contributed by atoms with Crippen LogP contribution in [-0.4, -0.2) is 18.6 Å². The van der Waals surface area contributed by atoms with E-state index in [1.807, 2.05) is 24.5 Å². The molecular weight excluding hydrogens is 326 g/mol. The van der Waals surface area contributed by atoms with Gasteiger partial charge in [0.15, 0.2) is 0 Å². The van der Waals surface area contributed by atoms with Gasteiger partial charge in [0.2, 0.25) is 0 Å². The van der Waals surface area contributed by atoms with Gasteiger partial charge in [-0.1, -0.05) is 13.0 Å². The van der Waals surface area contributed by atoms with Crippen molar-refractivity contribution in [1.29, 1.82) is 0 Å². The van der Waals surface area contributed by atoms with E-state index < -0.39 is 0 Å². The van der Waals surface area contributed by atoms with Gasteiger partial charge in [-0.3, -0.25) is 4.98 Å². The third kappa shape index (κ3) is 4.29. The maximum absolute atomic E-state index is 4.06. The predicted molar refractivity (Wildman–Crippen MR) is 92.6 cm³/mol. The van der Waals surface area contributed by atoms with Crippen molar-refractivity contribution in [3.05, 3.63) is 58.3 Å². The zero-order valence-electron chi connectivity index (χ0n) is 12.8. The Bertz CT molecular complexity index is 572. The van der Waals surface area contributed by atoms with E-state index in [1.165, 1.54) is 16.8 Å². The van der Waals surface area contributed by atoms with Crippen LogP contribution in [-0.2, 0) is 6.54 Å². The molecule has 1 N–H and O–H groups in total. The van der Waals surface area contributed by atoms with Crippen molar-refractivity contribution in [2.24, 2.45) is 0 Å². The van der Waals surface area contributed by atoms with Crippen molar-refractivity contribution in [3.8, 4) is 0 Å². The number of hydrogen-bond donors (Lipinski definition) is 1. The summed E-state index contributed by atoms with van der Waals surface area (Å²) in [6, 6.07) is 11.0. The molecule has 0 aliphatic heterocycles. The number of hydrogen-bond acceptors (Lipinski definition) is 3. The number of rotatable bonds is 6. The summed E-state index contributed by atoms with van der Waals surface area (Å²) in [7, 11) is 2.11. The fraction of sp³-hybridized carbons (Fsp3) is 0.353. The largest absolute Gasteiger partial charge is 0.369 e. The first-order valence-electron chi connectivity index (χ1n) is 7.24. The zero-order valence-corrected chi connectivity index (χ0v) is 14.4. The monoisotopic (exact) mass is 347 g/mol. The maximum atomic E-state index is 4.06. The fourth-order valence-electron chi connectivity index (χ4n) is 2.37. The smallest absolute Gasteiger partial charge is 0.0511 e. The summed E-state index contributed by atoms with van der Waals surface area (Å²) in [5, 5.41) is 3.44. The quantitative estimate of drug-likeness (QED) is 0.850. The van der Waals surface area contributed by atoms with Crippen LogP contribution in [0.25, 0.3) is 0 Å². The highest BCUT2D eigenvalue weighted by molar-refractivity contribution is 9.10. The number of nitrogens with zero attached hydrogens (tertiary/aromatic N) is 2. The molecule has 0 aliphatic carbocycles. The predicted octanol–water partition coefficient (Wildman–Crippen LogP) is 4.15. The van der Waals surface area contributed by atoms with Gasteiger partial charge in [0.1, 0.15) is 0 Å². The Hall–Kier alpha value is -1.39. The van der Waals surface area contributed by atoms with Gasteiger partial charge >= 0.3 is 0 Å². The number of pyridine rings is 1. The Labute approximate surface area is 135 Å². The van der Waals surface area contributed by atoms with E-state index in [0.29, 0.717) is 6.04 Å². The highest BCUT2D eigenvalue weighted by Crippen LogP contribution is 2.29. The van der Waals surface area contributed by atoms with Crippen LogP contribution in [0.2, 0.25) is 0 Å². The topological polar surface area (TPSA) is 28.2 Å². The summed E-state index contributed by atoms with van der Waals surface area (Å²) >= 11 is 3.70. The zero-order chi connectivity index (χ0) is 15.2. The first-order chi connectivity index (χ1) is 10.1. The molecule has 0 bridgehead atoms. The molecule has 0 saturated heterocycles. The number of anilines is 1. The number of benzene rings is 1. The van der Waals surface area contributed by atoms with E-state index in [2.05, 4.69) is 70.2 Å².